The number of carbonyl (C=O) groups excluding carboxylic acids is 3. The van der Waals surface area contributed by atoms with Gasteiger partial charge in [-0.1, -0.05) is 30.3 Å². The lowest BCUT2D eigenvalue weighted by Crippen LogP contribution is -2.51. The third-order valence-corrected chi connectivity index (χ3v) is 6.83. The quantitative estimate of drug-likeness (QED) is 0.328. The van der Waals surface area contributed by atoms with E-state index in [1.54, 1.807) is 27.8 Å². The highest BCUT2D eigenvalue weighted by atomic mass is 16.6. The van der Waals surface area contributed by atoms with Crippen LogP contribution in [0.15, 0.2) is 48.5 Å². The van der Waals surface area contributed by atoms with Crippen LogP contribution in [0.5, 0.6) is 5.75 Å². The lowest BCUT2D eigenvalue weighted by Gasteiger charge is -2.38. The molecule has 0 saturated carbocycles. The van der Waals surface area contributed by atoms with Crippen LogP contribution in [0.3, 0.4) is 0 Å². The van der Waals surface area contributed by atoms with Crippen molar-refractivity contribution in [1.82, 2.24) is 24.2 Å². The standard InChI is InChI=1S/C28H31N7O5/c1-4-35-22(10-17(2)32-35)26(37)31-27-30-21-11-20(25(29)36)12-23(39-3)24(21)34(27)15-19-13-33(14-19)28(38)40-16-18-8-6-5-7-9-18/h5-12,19H,4,13-16H2,1-3H3,(H2,29,36)(H,30,31,37). The molecule has 1 aliphatic rings. The molecule has 0 spiro atoms. The Bertz CT molecular complexity index is 1570. The number of nitrogens with zero attached hydrogens (tertiary/aromatic N) is 5. The predicted octanol–water partition coefficient (Wildman–Crippen LogP) is 3.19. The molecule has 0 bridgehead atoms. The number of anilines is 1. The molecular formula is C28H31N7O5. The SMILES string of the molecule is CCn1nc(C)cc1C(=O)Nc1nc2cc(C(N)=O)cc(OC)c2n1CC1CN(C(=O)OCc2ccccc2)C1. The summed E-state index contributed by atoms with van der Waals surface area (Å²) in [5.41, 5.74) is 8.86. The molecule has 3 heterocycles. The van der Waals surface area contributed by atoms with Gasteiger partial charge in [0.2, 0.25) is 11.9 Å². The van der Waals surface area contributed by atoms with Gasteiger partial charge in [-0.15, -0.1) is 0 Å². The second kappa shape index (κ2) is 11.1. The highest BCUT2D eigenvalue weighted by molar-refractivity contribution is 6.04. The number of carbonyl (C=O) groups is 3. The second-order valence-electron chi connectivity index (χ2n) is 9.71. The van der Waals surface area contributed by atoms with Gasteiger partial charge in [0.05, 0.1) is 18.3 Å². The minimum atomic E-state index is -0.619. The number of likely N-dealkylation sites (tertiary alicyclic amines) is 1. The lowest BCUT2D eigenvalue weighted by atomic mass is 10.0. The highest BCUT2D eigenvalue weighted by Crippen LogP contribution is 2.33. The lowest BCUT2D eigenvalue weighted by molar-refractivity contribution is 0.0451. The Morgan fingerprint density at radius 3 is 2.55 bits per heavy atom. The van der Waals surface area contributed by atoms with E-state index in [-0.39, 0.29) is 36.0 Å². The summed E-state index contributed by atoms with van der Waals surface area (Å²) in [6, 6.07) is 14.3. The van der Waals surface area contributed by atoms with Crippen LogP contribution < -0.4 is 15.8 Å². The van der Waals surface area contributed by atoms with Crippen molar-refractivity contribution in [2.75, 3.05) is 25.5 Å². The zero-order valence-corrected chi connectivity index (χ0v) is 22.6. The monoisotopic (exact) mass is 545 g/mol. The molecule has 0 atom stereocenters. The van der Waals surface area contributed by atoms with Gasteiger partial charge in [0.25, 0.3) is 5.91 Å². The molecule has 2 aromatic carbocycles. The summed E-state index contributed by atoms with van der Waals surface area (Å²) < 4.78 is 14.5. The fourth-order valence-corrected chi connectivity index (χ4v) is 4.84. The van der Waals surface area contributed by atoms with Crippen LogP contribution in [-0.4, -0.2) is 62.3 Å². The molecule has 1 aliphatic heterocycles. The van der Waals surface area contributed by atoms with E-state index in [2.05, 4.69) is 15.4 Å². The number of nitrogens with two attached hydrogens (primary N) is 1. The van der Waals surface area contributed by atoms with Crippen molar-refractivity contribution in [1.29, 1.82) is 0 Å². The first-order valence-electron chi connectivity index (χ1n) is 13.0. The summed E-state index contributed by atoms with van der Waals surface area (Å²) in [6.45, 7) is 5.85. The van der Waals surface area contributed by atoms with Gasteiger partial charge in [0.1, 0.15) is 23.6 Å². The molecule has 2 aromatic heterocycles. The number of aryl methyl sites for hydroxylation is 2. The number of rotatable bonds is 9. The van der Waals surface area contributed by atoms with Gasteiger partial charge in [-0.2, -0.15) is 5.10 Å². The number of nitrogens with one attached hydrogen (secondary N) is 1. The molecule has 5 rings (SSSR count). The normalized spacial score (nSPS) is 13.2. The highest BCUT2D eigenvalue weighted by Gasteiger charge is 2.33. The van der Waals surface area contributed by atoms with Crippen LogP contribution >= 0.6 is 0 Å². The van der Waals surface area contributed by atoms with Crippen LogP contribution in [-0.2, 0) is 24.4 Å². The van der Waals surface area contributed by atoms with E-state index < -0.39 is 5.91 Å². The zero-order chi connectivity index (χ0) is 28.4. The van der Waals surface area contributed by atoms with Crippen LogP contribution in [0.1, 0.15) is 39.0 Å². The number of aromatic nitrogens is 4. The molecule has 12 nitrogen and oxygen atoms in total. The molecule has 0 aliphatic carbocycles. The van der Waals surface area contributed by atoms with Gasteiger partial charge in [-0.05, 0) is 37.6 Å². The molecule has 0 unspecified atom stereocenters. The van der Waals surface area contributed by atoms with Crippen molar-refractivity contribution in [3.8, 4) is 5.75 Å². The zero-order valence-electron chi connectivity index (χ0n) is 22.6. The Hall–Kier alpha value is -4.87. The number of primary amides is 1. The summed E-state index contributed by atoms with van der Waals surface area (Å²) in [5, 5.41) is 7.26. The van der Waals surface area contributed by atoms with E-state index in [1.165, 1.54) is 7.11 Å². The Morgan fingerprint density at radius 1 is 1.12 bits per heavy atom. The molecule has 3 N–H and O–H groups in total. The molecule has 208 valence electrons. The van der Waals surface area contributed by atoms with Crippen molar-refractivity contribution in [2.45, 2.75) is 33.5 Å². The fourth-order valence-electron chi connectivity index (χ4n) is 4.84. The number of amides is 3. The molecule has 40 heavy (non-hydrogen) atoms. The molecule has 4 aromatic rings. The number of ether oxygens (including phenoxy) is 2. The van der Waals surface area contributed by atoms with Crippen LogP contribution in [0.2, 0.25) is 0 Å². The van der Waals surface area contributed by atoms with E-state index in [1.807, 2.05) is 48.7 Å². The maximum absolute atomic E-state index is 13.3. The summed E-state index contributed by atoms with van der Waals surface area (Å²) in [6.07, 6.45) is -0.379. The largest absolute Gasteiger partial charge is 0.494 e. The van der Waals surface area contributed by atoms with Crippen molar-refractivity contribution < 1.29 is 23.9 Å². The number of methoxy groups -OCH3 is 1. The number of hydrogen-bond donors (Lipinski definition) is 2. The number of fused-ring (bicyclic) bond motifs is 1. The molecule has 0 radical (unpaired) electrons. The molecule has 12 heteroatoms. The Kier molecular flexibility index (Phi) is 7.41. The maximum Gasteiger partial charge on any atom is 0.410 e. The first-order chi connectivity index (χ1) is 19.3. The van der Waals surface area contributed by atoms with E-state index >= 15 is 0 Å². The Balaban J connectivity index is 1.38. The fraction of sp³-hybridized carbons (Fsp3) is 0.321. The summed E-state index contributed by atoms with van der Waals surface area (Å²) in [4.78, 5) is 44.0. The molecular weight excluding hydrogens is 514 g/mol. The van der Waals surface area contributed by atoms with Crippen molar-refractivity contribution in [3.63, 3.8) is 0 Å². The van der Waals surface area contributed by atoms with E-state index in [9.17, 15) is 14.4 Å². The molecule has 1 fully saturated rings. The van der Waals surface area contributed by atoms with Crippen LogP contribution in [0, 0.1) is 12.8 Å². The van der Waals surface area contributed by atoms with E-state index in [0.29, 0.717) is 48.7 Å². The minimum Gasteiger partial charge on any atom is -0.494 e. The third-order valence-electron chi connectivity index (χ3n) is 6.83. The van der Waals surface area contributed by atoms with E-state index in [0.717, 1.165) is 11.3 Å². The van der Waals surface area contributed by atoms with Crippen LogP contribution in [0.4, 0.5) is 10.7 Å². The predicted molar refractivity (Wildman–Crippen MR) is 147 cm³/mol. The molecule has 3 amide bonds. The number of hydrogen-bond acceptors (Lipinski definition) is 7. The van der Waals surface area contributed by atoms with Crippen molar-refractivity contribution in [3.05, 3.63) is 71.0 Å². The molecule has 1 saturated heterocycles. The summed E-state index contributed by atoms with van der Waals surface area (Å²) in [7, 11) is 1.49. The average molecular weight is 546 g/mol. The van der Waals surface area contributed by atoms with Gasteiger partial charge in [-0.3, -0.25) is 19.6 Å². The average Bonchev–Trinajstić information content (AvgIpc) is 3.48. The first-order valence-corrected chi connectivity index (χ1v) is 13.0. The van der Waals surface area contributed by atoms with Gasteiger partial charge >= 0.3 is 6.09 Å². The Labute approximate surface area is 230 Å². The first kappa shape index (κ1) is 26.7. The van der Waals surface area contributed by atoms with Gasteiger partial charge in [-0.25, -0.2) is 9.78 Å². The van der Waals surface area contributed by atoms with Gasteiger partial charge in [0, 0.05) is 37.7 Å². The smallest absolute Gasteiger partial charge is 0.410 e. The van der Waals surface area contributed by atoms with E-state index in [4.69, 9.17) is 15.2 Å². The second-order valence-corrected chi connectivity index (χ2v) is 9.71. The summed E-state index contributed by atoms with van der Waals surface area (Å²) >= 11 is 0. The van der Waals surface area contributed by atoms with Crippen molar-refractivity contribution >= 4 is 34.9 Å². The number of benzene rings is 2. The van der Waals surface area contributed by atoms with Crippen LogP contribution in [0.25, 0.3) is 11.0 Å². The van der Waals surface area contributed by atoms with Crippen molar-refractivity contribution in [2.24, 2.45) is 11.7 Å². The van der Waals surface area contributed by atoms with Gasteiger partial charge < -0.3 is 24.7 Å². The number of imidazole rings is 1. The van der Waals surface area contributed by atoms with Gasteiger partial charge in [0.15, 0.2) is 0 Å². The Morgan fingerprint density at radius 2 is 1.88 bits per heavy atom. The minimum absolute atomic E-state index is 0.0706. The third kappa shape index (κ3) is 5.33. The topological polar surface area (TPSA) is 147 Å². The summed E-state index contributed by atoms with van der Waals surface area (Å²) in [5.74, 6) is -0.237. The maximum atomic E-state index is 13.3.